The van der Waals surface area contributed by atoms with Crippen LogP contribution in [0.3, 0.4) is 0 Å². The average molecular weight is 222 g/mol. The fourth-order valence-corrected chi connectivity index (χ4v) is 1.18. The molecule has 0 fully saturated rings. The van der Waals surface area contributed by atoms with Crippen molar-refractivity contribution in [2.24, 2.45) is 11.7 Å². The Bertz CT molecular complexity index is 386. The number of hydrogen-bond donors (Lipinski definition) is 3. The summed E-state index contributed by atoms with van der Waals surface area (Å²) in [5.74, 6) is 9.50. The van der Waals surface area contributed by atoms with E-state index in [1.807, 2.05) is 6.92 Å². The van der Waals surface area contributed by atoms with Gasteiger partial charge in [-0.05, 0) is 31.2 Å². The molecule has 0 aliphatic heterocycles. The molecule has 1 aromatic rings. The SMILES string of the molecule is CCNC(=O)c1ccc(C(=O)N(N)N)cc1. The van der Waals surface area contributed by atoms with E-state index in [1.54, 1.807) is 12.1 Å². The van der Waals surface area contributed by atoms with Crippen molar-refractivity contribution in [3.8, 4) is 0 Å². The maximum atomic E-state index is 11.4. The van der Waals surface area contributed by atoms with Crippen LogP contribution in [-0.4, -0.2) is 23.5 Å². The van der Waals surface area contributed by atoms with Crippen LogP contribution >= 0.6 is 0 Å². The third-order valence-corrected chi connectivity index (χ3v) is 1.97. The number of hydrazine groups is 2. The lowest BCUT2D eigenvalue weighted by Crippen LogP contribution is -2.43. The third-order valence-electron chi connectivity index (χ3n) is 1.97. The summed E-state index contributed by atoms with van der Waals surface area (Å²) in [6.07, 6.45) is 0. The summed E-state index contributed by atoms with van der Waals surface area (Å²) in [7, 11) is 0. The highest BCUT2D eigenvalue weighted by Gasteiger charge is 2.10. The van der Waals surface area contributed by atoms with Crippen molar-refractivity contribution in [2.45, 2.75) is 6.92 Å². The molecule has 0 aromatic heterocycles. The zero-order chi connectivity index (χ0) is 12.1. The van der Waals surface area contributed by atoms with Crippen LogP contribution in [0.5, 0.6) is 0 Å². The Morgan fingerprint density at radius 2 is 1.69 bits per heavy atom. The summed E-state index contributed by atoms with van der Waals surface area (Å²) in [5.41, 5.74) is 0.817. The van der Waals surface area contributed by atoms with Crippen molar-refractivity contribution in [2.75, 3.05) is 6.54 Å². The van der Waals surface area contributed by atoms with E-state index in [2.05, 4.69) is 5.32 Å². The first-order valence-electron chi connectivity index (χ1n) is 4.78. The van der Waals surface area contributed by atoms with Gasteiger partial charge in [-0.3, -0.25) is 9.59 Å². The lowest BCUT2D eigenvalue weighted by atomic mass is 10.1. The number of rotatable bonds is 3. The minimum Gasteiger partial charge on any atom is -0.352 e. The molecule has 0 saturated carbocycles. The predicted octanol–water partition coefficient (Wildman–Crippen LogP) is -0.374. The Morgan fingerprint density at radius 1 is 1.19 bits per heavy atom. The second-order valence-corrected chi connectivity index (χ2v) is 3.15. The lowest BCUT2D eigenvalue weighted by molar-refractivity contribution is 0.0755. The molecule has 0 heterocycles. The van der Waals surface area contributed by atoms with Crippen molar-refractivity contribution in [3.05, 3.63) is 35.4 Å². The Hall–Kier alpha value is -1.92. The number of carbonyl (C=O) groups is 2. The molecule has 1 aromatic carbocycles. The zero-order valence-electron chi connectivity index (χ0n) is 8.93. The second kappa shape index (κ2) is 5.24. The van der Waals surface area contributed by atoms with Crippen molar-refractivity contribution < 1.29 is 9.59 Å². The minimum atomic E-state index is -0.512. The molecular weight excluding hydrogens is 208 g/mol. The molecule has 0 spiro atoms. The van der Waals surface area contributed by atoms with Crippen LogP contribution in [0, 0.1) is 0 Å². The standard InChI is InChI=1S/C10H14N4O2/c1-2-13-9(15)7-3-5-8(6-4-7)10(16)14(11)12/h3-6H,2,11-12H2,1H3,(H,13,15). The Morgan fingerprint density at radius 3 is 2.12 bits per heavy atom. The number of carbonyl (C=O) groups excluding carboxylic acids is 2. The second-order valence-electron chi connectivity index (χ2n) is 3.15. The molecule has 0 saturated heterocycles. The quantitative estimate of drug-likeness (QED) is 0.369. The molecule has 86 valence electrons. The van der Waals surface area contributed by atoms with Crippen molar-refractivity contribution >= 4 is 11.8 Å². The van der Waals surface area contributed by atoms with E-state index >= 15 is 0 Å². The van der Waals surface area contributed by atoms with Crippen LogP contribution in [0.25, 0.3) is 0 Å². The van der Waals surface area contributed by atoms with Gasteiger partial charge in [-0.1, -0.05) is 0 Å². The van der Waals surface area contributed by atoms with Gasteiger partial charge in [0.1, 0.15) is 0 Å². The van der Waals surface area contributed by atoms with Gasteiger partial charge in [0.15, 0.2) is 0 Å². The van der Waals surface area contributed by atoms with E-state index in [0.29, 0.717) is 22.8 Å². The smallest absolute Gasteiger partial charge is 0.282 e. The summed E-state index contributed by atoms with van der Waals surface area (Å²) >= 11 is 0. The fraction of sp³-hybridized carbons (Fsp3) is 0.200. The van der Waals surface area contributed by atoms with Gasteiger partial charge in [-0.2, -0.15) is 0 Å². The number of hydrogen-bond acceptors (Lipinski definition) is 4. The van der Waals surface area contributed by atoms with Crippen LogP contribution in [-0.2, 0) is 0 Å². The van der Waals surface area contributed by atoms with Crippen LogP contribution in [0.1, 0.15) is 27.6 Å². The van der Waals surface area contributed by atoms with E-state index in [9.17, 15) is 9.59 Å². The largest absolute Gasteiger partial charge is 0.352 e. The highest BCUT2D eigenvalue weighted by Crippen LogP contribution is 2.05. The molecular formula is C10H14N4O2. The van der Waals surface area contributed by atoms with Gasteiger partial charge in [0.05, 0.1) is 0 Å². The molecule has 2 amide bonds. The summed E-state index contributed by atoms with van der Waals surface area (Å²) in [6, 6.07) is 6.09. The number of benzene rings is 1. The first-order valence-corrected chi connectivity index (χ1v) is 4.78. The molecule has 0 bridgehead atoms. The maximum absolute atomic E-state index is 11.4. The molecule has 6 nitrogen and oxygen atoms in total. The van der Waals surface area contributed by atoms with E-state index in [4.69, 9.17) is 11.7 Å². The van der Waals surface area contributed by atoms with Gasteiger partial charge in [-0.15, -0.1) is 0 Å². The monoisotopic (exact) mass is 222 g/mol. The Kier molecular flexibility index (Phi) is 3.98. The van der Waals surface area contributed by atoms with E-state index in [-0.39, 0.29) is 5.91 Å². The topological polar surface area (TPSA) is 101 Å². The molecule has 0 aliphatic carbocycles. The van der Waals surface area contributed by atoms with Gasteiger partial charge in [-0.25, -0.2) is 16.8 Å². The lowest BCUT2D eigenvalue weighted by Gasteiger charge is -2.09. The molecule has 0 atom stereocenters. The van der Waals surface area contributed by atoms with Gasteiger partial charge in [0.2, 0.25) is 0 Å². The minimum absolute atomic E-state index is 0.182. The van der Waals surface area contributed by atoms with Crippen LogP contribution < -0.4 is 17.0 Å². The summed E-state index contributed by atoms with van der Waals surface area (Å²) < 4.78 is 0. The number of nitrogens with one attached hydrogen (secondary N) is 1. The van der Waals surface area contributed by atoms with Crippen LogP contribution in [0.4, 0.5) is 0 Å². The van der Waals surface area contributed by atoms with Gasteiger partial charge in [0.25, 0.3) is 11.8 Å². The van der Waals surface area contributed by atoms with E-state index in [1.165, 1.54) is 12.1 Å². The highest BCUT2D eigenvalue weighted by atomic mass is 16.2. The van der Waals surface area contributed by atoms with Crippen molar-refractivity contribution in [1.82, 2.24) is 10.4 Å². The van der Waals surface area contributed by atoms with Crippen molar-refractivity contribution in [1.29, 1.82) is 0 Å². The predicted molar refractivity (Wildman–Crippen MR) is 59.0 cm³/mol. The van der Waals surface area contributed by atoms with Crippen LogP contribution in [0.2, 0.25) is 0 Å². The van der Waals surface area contributed by atoms with Gasteiger partial charge >= 0.3 is 0 Å². The van der Waals surface area contributed by atoms with E-state index in [0.717, 1.165) is 0 Å². The molecule has 5 N–H and O–H groups in total. The van der Waals surface area contributed by atoms with Crippen LogP contribution in [0.15, 0.2) is 24.3 Å². The first kappa shape index (κ1) is 12.2. The third kappa shape index (κ3) is 2.78. The van der Waals surface area contributed by atoms with Crippen molar-refractivity contribution in [3.63, 3.8) is 0 Å². The maximum Gasteiger partial charge on any atom is 0.282 e. The fourth-order valence-electron chi connectivity index (χ4n) is 1.18. The Labute approximate surface area is 93.1 Å². The summed E-state index contributed by atoms with van der Waals surface area (Å²) in [5, 5.41) is 3.15. The first-order chi connectivity index (χ1) is 7.56. The van der Waals surface area contributed by atoms with Gasteiger partial charge in [0, 0.05) is 17.7 Å². The average Bonchev–Trinajstić information content (AvgIpc) is 2.28. The molecule has 0 aliphatic rings. The molecule has 0 radical (unpaired) electrons. The molecule has 0 unspecified atom stereocenters. The number of nitrogens with zero attached hydrogens (tertiary/aromatic N) is 1. The zero-order valence-corrected chi connectivity index (χ0v) is 8.93. The molecule has 16 heavy (non-hydrogen) atoms. The van der Waals surface area contributed by atoms with E-state index < -0.39 is 5.91 Å². The number of amides is 2. The Balaban J connectivity index is 2.83. The van der Waals surface area contributed by atoms with Gasteiger partial charge < -0.3 is 5.32 Å². The normalized spacial score (nSPS) is 9.69. The summed E-state index contributed by atoms with van der Waals surface area (Å²) in [6.45, 7) is 2.38. The number of nitrogens with two attached hydrogens (primary N) is 2. The summed E-state index contributed by atoms with van der Waals surface area (Å²) in [4.78, 5) is 22.7. The molecule has 1 rings (SSSR count). The highest BCUT2D eigenvalue weighted by molar-refractivity contribution is 5.97. The molecule has 6 heteroatoms.